The lowest BCUT2D eigenvalue weighted by Gasteiger charge is -2.06. The standard InChI is InChI=1S/C14H16N2O3/c15-12-1-3-13(4-2-12)19-8-6-14(17)16-9-11-5-7-18-10-11/h1-5,7,10H,6,8-9,15H2,(H,16,17). The molecule has 0 aliphatic carbocycles. The van der Waals surface area contributed by atoms with Crippen molar-refractivity contribution in [3.05, 3.63) is 48.4 Å². The molecule has 1 aromatic carbocycles. The number of ether oxygens (including phenoxy) is 1. The van der Waals surface area contributed by atoms with E-state index in [1.165, 1.54) is 0 Å². The molecular formula is C14H16N2O3. The molecule has 1 amide bonds. The largest absolute Gasteiger partial charge is 0.493 e. The lowest BCUT2D eigenvalue weighted by Crippen LogP contribution is -2.24. The van der Waals surface area contributed by atoms with Gasteiger partial charge in [0.2, 0.25) is 5.91 Å². The van der Waals surface area contributed by atoms with Crippen LogP contribution in [0, 0.1) is 0 Å². The number of nitrogens with two attached hydrogens (primary N) is 1. The van der Waals surface area contributed by atoms with Crippen molar-refractivity contribution in [3.63, 3.8) is 0 Å². The summed E-state index contributed by atoms with van der Waals surface area (Å²) in [6.45, 7) is 0.804. The van der Waals surface area contributed by atoms with Gasteiger partial charge in [-0.25, -0.2) is 0 Å². The second kappa shape index (κ2) is 6.49. The van der Waals surface area contributed by atoms with Crippen molar-refractivity contribution < 1.29 is 13.9 Å². The Kier molecular flexibility index (Phi) is 4.44. The highest BCUT2D eigenvalue weighted by atomic mass is 16.5. The van der Waals surface area contributed by atoms with Crippen LogP contribution in [0.1, 0.15) is 12.0 Å². The van der Waals surface area contributed by atoms with E-state index in [-0.39, 0.29) is 5.91 Å². The molecule has 0 saturated carbocycles. The smallest absolute Gasteiger partial charge is 0.223 e. The fraction of sp³-hybridized carbons (Fsp3) is 0.214. The van der Waals surface area contributed by atoms with Crippen LogP contribution in [0.15, 0.2) is 47.3 Å². The summed E-state index contributed by atoms with van der Waals surface area (Å²) in [5, 5.41) is 2.78. The normalized spacial score (nSPS) is 10.1. The van der Waals surface area contributed by atoms with E-state index in [2.05, 4.69) is 5.32 Å². The average Bonchev–Trinajstić information content (AvgIpc) is 2.92. The van der Waals surface area contributed by atoms with Crippen LogP contribution in [0.2, 0.25) is 0 Å². The minimum Gasteiger partial charge on any atom is -0.493 e. The van der Waals surface area contributed by atoms with Crippen molar-refractivity contribution in [1.82, 2.24) is 5.32 Å². The molecule has 0 spiro atoms. The number of carbonyl (C=O) groups is 1. The van der Waals surface area contributed by atoms with Gasteiger partial charge in [0.05, 0.1) is 25.6 Å². The predicted molar refractivity (Wildman–Crippen MR) is 71.5 cm³/mol. The third-order valence-electron chi connectivity index (χ3n) is 2.55. The second-order valence-corrected chi connectivity index (χ2v) is 4.08. The van der Waals surface area contributed by atoms with Gasteiger partial charge in [0.25, 0.3) is 0 Å². The zero-order valence-electron chi connectivity index (χ0n) is 10.5. The van der Waals surface area contributed by atoms with Gasteiger partial charge in [-0.15, -0.1) is 0 Å². The fourth-order valence-corrected chi connectivity index (χ4v) is 1.51. The molecular weight excluding hydrogens is 244 g/mol. The average molecular weight is 260 g/mol. The number of hydrogen-bond acceptors (Lipinski definition) is 4. The lowest BCUT2D eigenvalue weighted by atomic mass is 10.3. The molecule has 5 nitrogen and oxygen atoms in total. The molecule has 2 rings (SSSR count). The Morgan fingerprint density at radius 3 is 2.74 bits per heavy atom. The number of amides is 1. The fourth-order valence-electron chi connectivity index (χ4n) is 1.51. The molecule has 0 aliphatic heterocycles. The summed E-state index contributed by atoms with van der Waals surface area (Å²) in [7, 11) is 0. The number of rotatable bonds is 6. The van der Waals surface area contributed by atoms with Gasteiger partial charge in [0, 0.05) is 17.8 Å². The molecule has 19 heavy (non-hydrogen) atoms. The Balaban J connectivity index is 1.65. The Morgan fingerprint density at radius 1 is 1.26 bits per heavy atom. The summed E-state index contributed by atoms with van der Waals surface area (Å²) in [5.74, 6) is 0.647. The van der Waals surface area contributed by atoms with Crippen molar-refractivity contribution >= 4 is 11.6 Å². The summed E-state index contributed by atoms with van der Waals surface area (Å²) < 4.78 is 10.3. The number of carbonyl (C=O) groups excluding carboxylic acids is 1. The third-order valence-corrected chi connectivity index (χ3v) is 2.55. The summed E-state index contributed by atoms with van der Waals surface area (Å²) >= 11 is 0. The van der Waals surface area contributed by atoms with Gasteiger partial charge in [-0.3, -0.25) is 4.79 Å². The van der Waals surface area contributed by atoms with Gasteiger partial charge in [-0.05, 0) is 30.3 Å². The predicted octanol–water partition coefficient (Wildman–Crippen LogP) is 1.95. The van der Waals surface area contributed by atoms with Gasteiger partial charge in [-0.2, -0.15) is 0 Å². The van der Waals surface area contributed by atoms with Crippen LogP contribution in [0.3, 0.4) is 0 Å². The number of anilines is 1. The lowest BCUT2D eigenvalue weighted by molar-refractivity contribution is -0.121. The number of hydrogen-bond donors (Lipinski definition) is 2. The highest BCUT2D eigenvalue weighted by molar-refractivity contribution is 5.75. The molecule has 1 heterocycles. The number of nitrogens with one attached hydrogen (secondary N) is 1. The Bertz CT molecular complexity index is 506. The first-order valence-corrected chi connectivity index (χ1v) is 6.00. The minimum absolute atomic E-state index is 0.0587. The zero-order valence-corrected chi connectivity index (χ0v) is 10.5. The van der Waals surface area contributed by atoms with E-state index in [1.54, 1.807) is 36.8 Å². The number of nitrogen functional groups attached to an aromatic ring is 1. The molecule has 0 fully saturated rings. The number of furan rings is 1. The van der Waals surface area contributed by atoms with E-state index >= 15 is 0 Å². The van der Waals surface area contributed by atoms with Gasteiger partial charge in [-0.1, -0.05) is 0 Å². The van der Waals surface area contributed by atoms with Gasteiger partial charge < -0.3 is 20.2 Å². The van der Waals surface area contributed by atoms with Crippen LogP contribution < -0.4 is 15.8 Å². The summed E-state index contributed by atoms with van der Waals surface area (Å²) in [6, 6.07) is 8.88. The second-order valence-electron chi connectivity index (χ2n) is 4.08. The van der Waals surface area contributed by atoms with E-state index in [0.717, 1.165) is 5.56 Å². The topological polar surface area (TPSA) is 77.5 Å². The maximum atomic E-state index is 11.5. The van der Waals surface area contributed by atoms with E-state index in [0.29, 0.717) is 31.0 Å². The Morgan fingerprint density at radius 2 is 2.05 bits per heavy atom. The Labute approximate surface area is 111 Å². The van der Waals surface area contributed by atoms with E-state index in [9.17, 15) is 4.79 Å². The van der Waals surface area contributed by atoms with Crippen molar-refractivity contribution in [2.24, 2.45) is 0 Å². The first-order valence-electron chi connectivity index (χ1n) is 6.00. The minimum atomic E-state index is -0.0587. The van der Waals surface area contributed by atoms with Crippen LogP contribution in [0.5, 0.6) is 5.75 Å². The molecule has 100 valence electrons. The molecule has 1 aromatic heterocycles. The first kappa shape index (κ1) is 13.0. The van der Waals surface area contributed by atoms with Gasteiger partial charge >= 0.3 is 0 Å². The monoisotopic (exact) mass is 260 g/mol. The maximum Gasteiger partial charge on any atom is 0.223 e. The van der Waals surface area contributed by atoms with Crippen LogP contribution >= 0.6 is 0 Å². The summed E-state index contributed by atoms with van der Waals surface area (Å²) in [4.78, 5) is 11.5. The molecule has 0 bridgehead atoms. The number of benzene rings is 1. The molecule has 0 radical (unpaired) electrons. The maximum absolute atomic E-state index is 11.5. The van der Waals surface area contributed by atoms with E-state index in [4.69, 9.17) is 14.9 Å². The van der Waals surface area contributed by atoms with Crippen LogP contribution in [0.25, 0.3) is 0 Å². The van der Waals surface area contributed by atoms with Gasteiger partial charge in [0.1, 0.15) is 5.75 Å². The third kappa shape index (κ3) is 4.39. The highest BCUT2D eigenvalue weighted by Gasteiger charge is 2.02. The van der Waals surface area contributed by atoms with E-state index in [1.807, 2.05) is 6.07 Å². The van der Waals surface area contributed by atoms with Crippen LogP contribution in [0.4, 0.5) is 5.69 Å². The van der Waals surface area contributed by atoms with E-state index < -0.39 is 0 Å². The first-order chi connectivity index (χ1) is 9.24. The molecule has 3 N–H and O–H groups in total. The van der Waals surface area contributed by atoms with Crippen molar-refractivity contribution in [2.75, 3.05) is 12.3 Å². The van der Waals surface area contributed by atoms with Gasteiger partial charge in [0.15, 0.2) is 0 Å². The SMILES string of the molecule is Nc1ccc(OCCC(=O)NCc2ccoc2)cc1. The van der Waals surface area contributed by atoms with Crippen molar-refractivity contribution in [1.29, 1.82) is 0 Å². The molecule has 0 atom stereocenters. The molecule has 0 saturated heterocycles. The van der Waals surface area contributed by atoms with Crippen molar-refractivity contribution in [2.45, 2.75) is 13.0 Å². The van der Waals surface area contributed by atoms with Crippen molar-refractivity contribution in [3.8, 4) is 5.75 Å². The zero-order chi connectivity index (χ0) is 13.5. The van der Waals surface area contributed by atoms with Crippen LogP contribution in [-0.2, 0) is 11.3 Å². The summed E-state index contributed by atoms with van der Waals surface area (Å²) in [6.07, 6.45) is 3.49. The summed E-state index contributed by atoms with van der Waals surface area (Å²) in [5.41, 5.74) is 7.19. The molecule has 0 unspecified atom stereocenters. The molecule has 5 heteroatoms. The van der Waals surface area contributed by atoms with Crippen LogP contribution in [-0.4, -0.2) is 12.5 Å². The Hall–Kier alpha value is -2.43. The molecule has 0 aliphatic rings. The molecule has 2 aromatic rings. The quantitative estimate of drug-likeness (QED) is 0.778. The highest BCUT2D eigenvalue weighted by Crippen LogP contribution is 2.13.